The second kappa shape index (κ2) is 4.44. The van der Waals surface area contributed by atoms with Gasteiger partial charge in [-0.25, -0.2) is 0 Å². The first kappa shape index (κ1) is 11.4. The lowest BCUT2D eigenvalue weighted by Gasteiger charge is -2.40. The van der Waals surface area contributed by atoms with Gasteiger partial charge in [0.1, 0.15) is 5.75 Å². The van der Waals surface area contributed by atoms with E-state index in [2.05, 4.69) is 6.07 Å². The van der Waals surface area contributed by atoms with Crippen molar-refractivity contribution in [2.45, 2.75) is 19.3 Å². The normalized spacial score (nSPS) is 17.9. The summed E-state index contributed by atoms with van der Waals surface area (Å²) < 4.78 is 10.7. The Morgan fingerprint density at radius 3 is 2.62 bits per heavy atom. The molecule has 1 aromatic carbocycles. The van der Waals surface area contributed by atoms with Gasteiger partial charge < -0.3 is 14.6 Å². The highest BCUT2D eigenvalue weighted by molar-refractivity contribution is 5.40. The van der Waals surface area contributed by atoms with E-state index in [1.165, 1.54) is 0 Å². The molecule has 0 aliphatic carbocycles. The van der Waals surface area contributed by atoms with Gasteiger partial charge in [0, 0.05) is 0 Å². The first-order valence-corrected chi connectivity index (χ1v) is 5.64. The second-order valence-corrected chi connectivity index (χ2v) is 4.34. The lowest BCUT2D eigenvalue weighted by Crippen LogP contribution is -2.49. The van der Waals surface area contributed by atoms with E-state index in [-0.39, 0.29) is 12.0 Å². The van der Waals surface area contributed by atoms with Crippen molar-refractivity contribution in [3.63, 3.8) is 0 Å². The van der Waals surface area contributed by atoms with Gasteiger partial charge in [-0.1, -0.05) is 12.1 Å². The van der Waals surface area contributed by atoms with Crippen LogP contribution in [0.3, 0.4) is 0 Å². The van der Waals surface area contributed by atoms with Crippen LogP contribution in [0.4, 0.5) is 0 Å². The smallest absolute Gasteiger partial charge is 0.122 e. The van der Waals surface area contributed by atoms with Crippen molar-refractivity contribution in [3.05, 3.63) is 29.3 Å². The largest absolute Gasteiger partial charge is 0.494 e. The van der Waals surface area contributed by atoms with Crippen LogP contribution in [0.25, 0.3) is 0 Å². The molecule has 1 aromatic rings. The Labute approximate surface area is 96.0 Å². The first-order valence-electron chi connectivity index (χ1n) is 5.64. The van der Waals surface area contributed by atoms with E-state index in [4.69, 9.17) is 9.47 Å². The fourth-order valence-electron chi connectivity index (χ4n) is 1.99. The van der Waals surface area contributed by atoms with Crippen LogP contribution in [0.5, 0.6) is 5.75 Å². The molecule has 88 valence electrons. The lowest BCUT2D eigenvalue weighted by molar-refractivity contribution is -0.0841. The van der Waals surface area contributed by atoms with Crippen LogP contribution < -0.4 is 4.74 Å². The molecule has 0 unspecified atom stereocenters. The van der Waals surface area contributed by atoms with Crippen molar-refractivity contribution < 1.29 is 14.6 Å². The molecule has 0 saturated carbocycles. The van der Waals surface area contributed by atoms with Gasteiger partial charge in [-0.2, -0.15) is 0 Å². The van der Waals surface area contributed by atoms with E-state index in [0.717, 1.165) is 16.9 Å². The Morgan fingerprint density at radius 1 is 1.44 bits per heavy atom. The zero-order valence-electron chi connectivity index (χ0n) is 9.82. The summed E-state index contributed by atoms with van der Waals surface area (Å²) in [5.74, 6) is 0.916. The Morgan fingerprint density at radius 2 is 2.19 bits per heavy atom. The number of ether oxygens (including phenoxy) is 2. The van der Waals surface area contributed by atoms with Gasteiger partial charge in [-0.3, -0.25) is 0 Å². The Hall–Kier alpha value is -1.06. The zero-order chi connectivity index (χ0) is 11.6. The van der Waals surface area contributed by atoms with E-state index in [9.17, 15) is 5.11 Å². The molecule has 0 radical (unpaired) electrons. The Balaban J connectivity index is 2.26. The van der Waals surface area contributed by atoms with E-state index in [0.29, 0.717) is 19.8 Å². The minimum Gasteiger partial charge on any atom is -0.494 e. The molecule has 1 heterocycles. The quantitative estimate of drug-likeness (QED) is 0.842. The topological polar surface area (TPSA) is 38.7 Å². The van der Waals surface area contributed by atoms with Crippen LogP contribution in [0.1, 0.15) is 18.1 Å². The Bertz CT molecular complexity index is 364. The minimum absolute atomic E-state index is 0.139. The number of aliphatic hydroxyl groups is 1. The average molecular weight is 222 g/mol. The second-order valence-electron chi connectivity index (χ2n) is 4.34. The van der Waals surface area contributed by atoms with Gasteiger partial charge in [0.25, 0.3) is 0 Å². The number of benzene rings is 1. The van der Waals surface area contributed by atoms with Crippen molar-refractivity contribution in [1.29, 1.82) is 0 Å². The molecule has 0 aromatic heterocycles. The molecular weight excluding hydrogens is 204 g/mol. The standard InChI is InChI=1S/C13H18O3/c1-3-16-12-5-4-11(6-10(12)2)13(7-14)8-15-9-13/h4-6,14H,3,7-9H2,1-2H3. The van der Waals surface area contributed by atoms with E-state index >= 15 is 0 Å². The first-order chi connectivity index (χ1) is 7.72. The third-order valence-electron chi connectivity index (χ3n) is 3.15. The van der Waals surface area contributed by atoms with Gasteiger partial charge >= 0.3 is 0 Å². The number of aliphatic hydroxyl groups excluding tert-OH is 1. The molecule has 1 N–H and O–H groups in total. The fraction of sp³-hybridized carbons (Fsp3) is 0.538. The van der Waals surface area contributed by atoms with Crippen LogP contribution in [0.15, 0.2) is 18.2 Å². The molecule has 0 bridgehead atoms. The van der Waals surface area contributed by atoms with Gasteiger partial charge in [0.2, 0.25) is 0 Å². The molecule has 0 atom stereocenters. The molecule has 16 heavy (non-hydrogen) atoms. The number of hydrogen-bond acceptors (Lipinski definition) is 3. The maximum absolute atomic E-state index is 9.44. The van der Waals surface area contributed by atoms with E-state index in [1.54, 1.807) is 0 Å². The van der Waals surface area contributed by atoms with Crippen LogP contribution in [0.2, 0.25) is 0 Å². The highest BCUT2D eigenvalue weighted by Crippen LogP contribution is 2.34. The summed E-state index contributed by atoms with van der Waals surface area (Å²) in [7, 11) is 0. The third kappa shape index (κ3) is 1.81. The molecule has 1 fully saturated rings. The van der Waals surface area contributed by atoms with Crippen molar-refractivity contribution in [2.75, 3.05) is 26.4 Å². The predicted molar refractivity (Wildman–Crippen MR) is 61.9 cm³/mol. The highest BCUT2D eigenvalue weighted by Gasteiger charge is 2.39. The fourth-order valence-corrected chi connectivity index (χ4v) is 1.99. The summed E-state index contributed by atoms with van der Waals surface area (Å²) in [6, 6.07) is 6.09. The maximum atomic E-state index is 9.44. The summed E-state index contributed by atoms with van der Waals surface area (Å²) in [6.07, 6.45) is 0. The summed E-state index contributed by atoms with van der Waals surface area (Å²) in [4.78, 5) is 0. The molecule has 2 rings (SSSR count). The summed E-state index contributed by atoms with van der Waals surface area (Å²) in [5, 5.41) is 9.44. The molecule has 1 aliphatic heterocycles. The minimum atomic E-state index is -0.185. The summed E-state index contributed by atoms with van der Waals surface area (Å²) in [6.45, 7) is 6.03. The van der Waals surface area contributed by atoms with Crippen LogP contribution in [0, 0.1) is 6.92 Å². The van der Waals surface area contributed by atoms with Gasteiger partial charge in [-0.15, -0.1) is 0 Å². The molecular formula is C13H18O3. The third-order valence-corrected chi connectivity index (χ3v) is 3.15. The molecule has 0 amide bonds. The maximum Gasteiger partial charge on any atom is 0.122 e. The van der Waals surface area contributed by atoms with Crippen LogP contribution in [-0.2, 0) is 10.2 Å². The molecule has 3 nitrogen and oxygen atoms in total. The highest BCUT2D eigenvalue weighted by atomic mass is 16.5. The molecule has 3 heteroatoms. The van der Waals surface area contributed by atoms with E-state index < -0.39 is 0 Å². The SMILES string of the molecule is CCOc1ccc(C2(CO)COC2)cc1C. The van der Waals surface area contributed by atoms with Gasteiger partial charge in [0.05, 0.1) is 31.8 Å². The van der Waals surface area contributed by atoms with Crippen LogP contribution in [-0.4, -0.2) is 31.5 Å². The number of rotatable bonds is 4. The average Bonchev–Trinajstić information content (AvgIpc) is 2.21. The van der Waals surface area contributed by atoms with E-state index in [1.807, 2.05) is 26.0 Å². The lowest BCUT2D eigenvalue weighted by atomic mass is 9.79. The predicted octanol–water partition coefficient (Wildman–Crippen LogP) is 1.65. The zero-order valence-corrected chi connectivity index (χ0v) is 9.82. The monoisotopic (exact) mass is 222 g/mol. The van der Waals surface area contributed by atoms with Crippen LogP contribution >= 0.6 is 0 Å². The summed E-state index contributed by atoms with van der Waals surface area (Å²) in [5.41, 5.74) is 2.07. The van der Waals surface area contributed by atoms with Gasteiger partial charge in [-0.05, 0) is 31.0 Å². The number of aryl methyl sites for hydroxylation is 1. The van der Waals surface area contributed by atoms with Crippen molar-refractivity contribution in [1.82, 2.24) is 0 Å². The molecule has 1 saturated heterocycles. The number of hydrogen-bond donors (Lipinski definition) is 1. The molecule has 0 spiro atoms. The molecule has 1 aliphatic rings. The van der Waals surface area contributed by atoms with Crippen molar-refractivity contribution in [2.24, 2.45) is 0 Å². The Kier molecular flexibility index (Phi) is 3.17. The van der Waals surface area contributed by atoms with Crippen molar-refractivity contribution in [3.8, 4) is 5.75 Å². The van der Waals surface area contributed by atoms with Crippen molar-refractivity contribution >= 4 is 0 Å². The van der Waals surface area contributed by atoms with Gasteiger partial charge in [0.15, 0.2) is 0 Å². The summed E-state index contributed by atoms with van der Waals surface area (Å²) >= 11 is 0.